The molecular weight excluding hydrogens is 348 g/mol. The number of hydrogen-bond acceptors (Lipinski definition) is 6. The maximum Gasteiger partial charge on any atom is 0.337 e. The molecular formula is C16H22N2O6S. The number of anilines is 2. The van der Waals surface area contributed by atoms with Crippen LogP contribution in [0, 0.1) is 5.92 Å². The molecule has 1 aliphatic heterocycles. The van der Waals surface area contributed by atoms with Crippen molar-refractivity contribution in [1.29, 1.82) is 0 Å². The van der Waals surface area contributed by atoms with E-state index in [1.807, 2.05) is 4.90 Å². The number of nitrogens with one attached hydrogen (secondary N) is 1. The van der Waals surface area contributed by atoms with Crippen molar-refractivity contribution in [3.63, 3.8) is 0 Å². The Kier molecular flexibility index (Phi) is 5.89. The van der Waals surface area contributed by atoms with Gasteiger partial charge in [-0.25, -0.2) is 13.2 Å². The number of hydrogen-bond donors (Lipinski definition) is 2. The average Bonchev–Trinajstić information content (AvgIpc) is 2.53. The molecule has 0 aromatic heterocycles. The van der Waals surface area contributed by atoms with Gasteiger partial charge in [-0.2, -0.15) is 0 Å². The third kappa shape index (κ3) is 5.09. The highest BCUT2D eigenvalue weighted by Crippen LogP contribution is 2.29. The van der Waals surface area contributed by atoms with Crippen LogP contribution >= 0.6 is 0 Å². The summed E-state index contributed by atoms with van der Waals surface area (Å²) < 4.78 is 30.0. The molecule has 1 heterocycles. The van der Waals surface area contributed by atoms with Crippen LogP contribution in [0.15, 0.2) is 18.2 Å². The number of carboxylic acids is 1. The van der Waals surface area contributed by atoms with E-state index in [2.05, 4.69) is 4.72 Å². The second-order valence-electron chi connectivity index (χ2n) is 5.95. The molecule has 1 atom stereocenters. The summed E-state index contributed by atoms with van der Waals surface area (Å²) in [5.74, 6) is -1.74. The molecule has 2 N–H and O–H groups in total. The Balaban J connectivity index is 2.28. The molecule has 0 amide bonds. The van der Waals surface area contributed by atoms with Crippen molar-refractivity contribution in [2.75, 3.05) is 35.6 Å². The lowest BCUT2D eigenvalue weighted by molar-refractivity contribution is -0.148. The van der Waals surface area contributed by atoms with E-state index in [4.69, 9.17) is 4.74 Å². The molecule has 25 heavy (non-hydrogen) atoms. The van der Waals surface area contributed by atoms with E-state index in [9.17, 15) is 23.1 Å². The minimum absolute atomic E-state index is 0.0156. The van der Waals surface area contributed by atoms with E-state index in [-0.39, 0.29) is 23.1 Å². The molecule has 0 saturated carbocycles. The predicted molar refractivity (Wildman–Crippen MR) is 93.4 cm³/mol. The van der Waals surface area contributed by atoms with Gasteiger partial charge in [-0.05, 0) is 38.0 Å². The second kappa shape index (κ2) is 7.73. The van der Waals surface area contributed by atoms with Gasteiger partial charge < -0.3 is 14.7 Å². The summed E-state index contributed by atoms with van der Waals surface area (Å²) in [6, 6.07) is 4.36. The highest BCUT2D eigenvalue weighted by molar-refractivity contribution is 7.92. The molecule has 1 saturated heterocycles. The van der Waals surface area contributed by atoms with Crippen molar-refractivity contribution < 1.29 is 27.9 Å². The second-order valence-corrected chi connectivity index (χ2v) is 7.70. The molecule has 1 unspecified atom stereocenters. The Morgan fingerprint density at radius 1 is 1.40 bits per heavy atom. The number of sulfonamides is 1. The molecule has 138 valence electrons. The van der Waals surface area contributed by atoms with Crippen LogP contribution in [-0.4, -0.2) is 51.4 Å². The van der Waals surface area contributed by atoms with Gasteiger partial charge in [-0.3, -0.25) is 9.52 Å². The number of ether oxygens (including phenoxy) is 1. The standard InChI is InChI=1S/C16H22N2O6S/c1-3-24-16(21)11-5-4-8-18(10-11)14-7-6-12(17-25(2,22)23)9-13(14)15(19)20/h6-7,9,11,17H,3-5,8,10H2,1-2H3,(H,19,20). The summed E-state index contributed by atoms with van der Waals surface area (Å²) in [5, 5.41) is 9.48. The van der Waals surface area contributed by atoms with Crippen LogP contribution in [0.3, 0.4) is 0 Å². The Hall–Kier alpha value is -2.29. The first kappa shape index (κ1) is 19.0. The SMILES string of the molecule is CCOC(=O)C1CCCN(c2ccc(NS(C)(=O)=O)cc2C(=O)O)C1. The van der Waals surface area contributed by atoms with Gasteiger partial charge in [-0.1, -0.05) is 0 Å². The molecule has 1 aromatic carbocycles. The minimum Gasteiger partial charge on any atom is -0.478 e. The van der Waals surface area contributed by atoms with Crippen molar-refractivity contribution in [3.05, 3.63) is 23.8 Å². The lowest BCUT2D eigenvalue weighted by atomic mass is 9.97. The molecule has 9 heteroatoms. The topological polar surface area (TPSA) is 113 Å². The van der Waals surface area contributed by atoms with Gasteiger partial charge in [0.15, 0.2) is 0 Å². The van der Waals surface area contributed by atoms with E-state index >= 15 is 0 Å². The molecule has 0 spiro atoms. The van der Waals surface area contributed by atoms with Crippen molar-refractivity contribution in [2.45, 2.75) is 19.8 Å². The van der Waals surface area contributed by atoms with Gasteiger partial charge in [-0.15, -0.1) is 0 Å². The number of carbonyl (C=O) groups is 2. The van der Waals surface area contributed by atoms with Crippen LogP contribution in [0.2, 0.25) is 0 Å². The monoisotopic (exact) mass is 370 g/mol. The fourth-order valence-electron chi connectivity index (χ4n) is 2.91. The van der Waals surface area contributed by atoms with Crippen LogP contribution < -0.4 is 9.62 Å². The number of benzene rings is 1. The van der Waals surface area contributed by atoms with E-state index in [1.165, 1.54) is 12.1 Å². The molecule has 1 aromatic rings. The summed E-state index contributed by atoms with van der Waals surface area (Å²) >= 11 is 0. The average molecular weight is 370 g/mol. The van der Waals surface area contributed by atoms with Gasteiger partial charge in [0.1, 0.15) is 0 Å². The fraction of sp³-hybridized carbons (Fsp3) is 0.500. The van der Waals surface area contributed by atoms with Crippen LogP contribution in [0.5, 0.6) is 0 Å². The van der Waals surface area contributed by atoms with E-state index in [0.29, 0.717) is 31.8 Å². The molecule has 1 fully saturated rings. The van der Waals surface area contributed by atoms with Gasteiger partial charge in [0.25, 0.3) is 0 Å². The van der Waals surface area contributed by atoms with Crippen molar-refractivity contribution in [1.82, 2.24) is 0 Å². The Bertz CT molecular complexity index is 762. The van der Waals surface area contributed by atoms with E-state index < -0.39 is 16.0 Å². The van der Waals surface area contributed by atoms with Crippen molar-refractivity contribution >= 4 is 33.3 Å². The van der Waals surface area contributed by atoms with Gasteiger partial charge in [0.05, 0.1) is 30.0 Å². The molecule has 8 nitrogen and oxygen atoms in total. The van der Waals surface area contributed by atoms with E-state index in [0.717, 1.165) is 12.7 Å². The first-order chi connectivity index (χ1) is 11.7. The number of piperidine rings is 1. The smallest absolute Gasteiger partial charge is 0.337 e. The number of aromatic carboxylic acids is 1. The highest BCUT2D eigenvalue weighted by atomic mass is 32.2. The minimum atomic E-state index is -3.50. The molecule has 2 rings (SSSR count). The van der Waals surface area contributed by atoms with Crippen molar-refractivity contribution in [3.8, 4) is 0 Å². The van der Waals surface area contributed by atoms with Crippen LogP contribution in [0.1, 0.15) is 30.1 Å². The molecule has 0 radical (unpaired) electrons. The largest absolute Gasteiger partial charge is 0.478 e. The molecule has 1 aliphatic rings. The normalized spacial score (nSPS) is 17.8. The first-order valence-electron chi connectivity index (χ1n) is 7.98. The Morgan fingerprint density at radius 3 is 2.72 bits per heavy atom. The predicted octanol–water partition coefficient (Wildman–Crippen LogP) is 1.54. The highest BCUT2D eigenvalue weighted by Gasteiger charge is 2.29. The summed E-state index contributed by atoms with van der Waals surface area (Å²) in [6.45, 7) is 3.04. The first-order valence-corrected chi connectivity index (χ1v) is 9.87. The number of carboxylic acid groups (broad SMARTS) is 1. The quantitative estimate of drug-likeness (QED) is 0.730. The summed E-state index contributed by atoms with van der Waals surface area (Å²) in [7, 11) is -3.50. The van der Waals surface area contributed by atoms with Gasteiger partial charge in [0, 0.05) is 18.8 Å². The van der Waals surface area contributed by atoms with Crippen molar-refractivity contribution in [2.24, 2.45) is 5.92 Å². The van der Waals surface area contributed by atoms with Gasteiger partial charge in [0.2, 0.25) is 10.0 Å². The van der Waals surface area contributed by atoms with Crippen LogP contribution in [-0.2, 0) is 19.6 Å². The number of esters is 1. The summed E-state index contributed by atoms with van der Waals surface area (Å²) in [4.78, 5) is 25.4. The summed E-state index contributed by atoms with van der Waals surface area (Å²) in [6.07, 6.45) is 2.44. The zero-order valence-electron chi connectivity index (χ0n) is 14.2. The zero-order valence-corrected chi connectivity index (χ0v) is 15.0. The van der Waals surface area contributed by atoms with Gasteiger partial charge >= 0.3 is 11.9 Å². The van der Waals surface area contributed by atoms with Crippen LogP contribution in [0.25, 0.3) is 0 Å². The maximum atomic E-state index is 12.0. The number of nitrogens with zero attached hydrogens (tertiary/aromatic N) is 1. The maximum absolute atomic E-state index is 12.0. The molecule has 0 aliphatic carbocycles. The summed E-state index contributed by atoms with van der Waals surface area (Å²) in [5.41, 5.74) is 0.626. The lowest BCUT2D eigenvalue weighted by Crippen LogP contribution is -2.40. The Morgan fingerprint density at radius 2 is 2.12 bits per heavy atom. The lowest BCUT2D eigenvalue weighted by Gasteiger charge is -2.34. The fourth-order valence-corrected chi connectivity index (χ4v) is 3.46. The third-order valence-electron chi connectivity index (χ3n) is 3.91. The number of rotatable bonds is 6. The third-order valence-corrected chi connectivity index (χ3v) is 4.52. The Labute approximate surface area is 146 Å². The van der Waals surface area contributed by atoms with E-state index in [1.54, 1.807) is 13.0 Å². The number of carbonyl (C=O) groups excluding carboxylic acids is 1. The molecule has 0 bridgehead atoms. The zero-order chi connectivity index (χ0) is 18.6. The van der Waals surface area contributed by atoms with Crippen LogP contribution in [0.4, 0.5) is 11.4 Å².